The zero-order chi connectivity index (χ0) is 12.1. The number of halogens is 3. The van der Waals surface area contributed by atoms with Crippen molar-refractivity contribution < 1.29 is 33.3 Å². The van der Waals surface area contributed by atoms with Gasteiger partial charge in [-0.1, -0.05) is 0 Å². The quantitative estimate of drug-likeness (QED) is 0.481. The van der Waals surface area contributed by atoms with Gasteiger partial charge in [-0.25, -0.2) is 4.79 Å². The molecule has 0 radical (unpaired) electrons. The van der Waals surface area contributed by atoms with Crippen LogP contribution in [0.1, 0.15) is 6.42 Å². The number of alkyl halides is 3. The van der Waals surface area contributed by atoms with Gasteiger partial charge in [0.2, 0.25) is 0 Å². The molecule has 4 N–H and O–H groups in total. The number of rotatable bonds is 1. The zero-order valence-electron chi connectivity index (χ0n) is 7.66. The Kier molecular flexibility index (Phi) is 5.55. The summed E-state index contributed by atoms with van der Waals surface area (Å²) < 4.78 is 31.7. The van der Waals surface area contributed by atoms with E-state index in [9.17, 15) is 13.2 Å². The van der Waals surface area contributed by atoms with Crippen LogP contribution in [-0.4, -0.2) is 52.8 Å². The maximum absolute atomic E-state index is 10.6. The first kappa shape index (κ1) is 14.1. The summed E-state index contributed by atoms with van der Waals surface area (Å²) in [6.07, 6.45) is -4.64. The van der Waals surface area contributed by atoms with Gasteiger partial charge >= 0.3 is 12.1 Å². The van der Waals surface area contributed by atoms with Crippen molar-refractivity contribution >= 4 is 5.97 Å². The lowest BCUT2D eigenvalue weighted by Gasteiger charge is -2.01. The number of β-amino-alcohol motifs (C(OH)–C–C–N with tert-alkyl or cyclic N) is 1. The molecule has 15 heavy (non-hydrogen) atoms. The molecule has 0 unspecified atom stereocenters. The average molecular weight is 231 g/mol. The van der Waals surface area contributed by atoms with Crippen molar-refractivity contribution in [2.45, 2.75) is 24.7 Å². The molecule has 0 spiro atoms. The van der Waals surface area contributed by atoms with Crippen LogP contribution < -0.4 is 5.32 Å². The summed E-state index contributed by atoms with van der Waals surface area (Å²) in [5.74, 6) is -2.76. The van der Waals surface area contributed by atoms with E-state index in [0.717, 1.165) is 0 Å². The monoisotopic (exact) mass is 231 g/mol. The summed E-state index contributed by atoms with van der Waals surface area (Å²) >= 11 is 0. The minimum absolute atomic E-state index is 0.130. The Morgan fingerprint density at radius 2 is 1.93 bits per heavy atom. The highest BCUT2D eigenvalue weighted by molar-refractivity contribution is 5.73. The first-order chi connectivity index (χ1) is 6.77. The number of hydrogen-bond acceptors (Lipinski definition) is 4. The smallest absolute Gasteiger partial charge is 0.475 e. The number of hydrogen-bond donors (Lipinski definition) is 4. The molecule has 1 saturated heterocycles. The van der Waals surface area contributed by atoms with Crippen LogP contribution in [0.5, 0.6) is 0 Å². The molecule has 8 heteroatoms. The lowest BCUT2D eigenvalue weighted by atomic mass is 10.2. The van der Waals surface area contributed by atoms with E-state index < -0.39 is 12.1 Å². The molecule has 5 nitrogen and oxygen atoms in total. The Morgan fingerprint density at radius 1 is 1.47 bits per heavy atom. The third-order valence-corrected chi connectivity index (χ3v) is 1.66. The van der Waals surface area contributed by atoms with Crippen LogP contribution in [-0.2, 0) is 4.79 Å². The normalized spacial score (nSPS) is 25.7. The highest BCUT2D eigenvalue weighted by Crippen LogP contribution is 2.13. The zero-order valence-corrected chi connectivity index (χ0v) is 7.66. The van der Waals surface area contributed by atoms with Gasteiger partial charge in [0.05, 0.1) is 12.7 Å². The topological polar surface area (TPSA) is 89.8 Å². The summed E-state index contributed by atoms with van der Waals surface area (Å²) in [5.41, 5.74) is 0. The van der Waals surface area contributed by atoms with Gasteiger partial charge in [0, 0.05) is 12.6 Å². The minimum Gasteiger partial charge on any atom is -0.475 e. The van der Waals surface area contributed by atoms with Gasteiger partial charge in [0.15, 0.2) is 0 Å². The van der Waals surface area contributed by atoms with E-state index in [0.29, 0.717) is 13.0 Å². The number of aliphatic hydroxyl groups is 2. The van der Waals surface area contributed by atoms with Gasteiger partial charge in [0.1, 0.15) is 0 Å². The Bertz CT molecular complexity index is 209. The van der Waals surface area contributed by atoms with E-state index in [1.54, 1.807) is 0 Å². The fourth-order valence-electron chi connectivity index (χ4n) is 0.937. The van der Waals surface area contributed by atoms with Crippen molar-refractivity contribution in [1.82, 2.24) is 5.32 Å². The summed E-state index contributed by atoms with van der Waals surface area (Å²) in [6, 6.07) is 0.130. The number of nitrogens with one attached hydrogen (secondary N) is 1. The minimum atomic E-state index is -5.08. The first-order valence-corrected chi connectivity index (χ1v) is 4.09. The fraction of sp³-hybridized carbons (Fsp3) is 0.857. The summed E-state index contributed by atoms with van der Waals surface area (Å²) in [5, 5.41) is 27.4. The van der Waals surface area contributed by atoms with Crippen molar-refractivity contribution in [3.05, 3.63) is 0 Å². The van der Waals surface area contributed by atoms with Crippen molar-refractivity contribution in [3.63, 3.8) is 0 Å². The van der Waals surface area contributed by atoms with E-state index in [1.807, 2.05) is 0 Å². The van der Waals surface area contributed by atoms with Crippen molar-refractivity contribution in [2.24, 2.45) is 0 Å². The van der Waals surface area contributed by atoms with E-state index in [4.69, 9.17) is 20.1 Å². The Morgan fingerprint density at radius 3 is 2.07 bits per heavy atom. The summed E-state index contributed by atoms with van der Waals surface area (Å²) in [7, 11) is 0. The molecule has 0 bridgehead atoms. The summed E-state index contributed by atoms with van der Waals surface area (Å²) in [4.78, 5) is 8.90. The van der Waals surface area contributed by atoms with E-state index in [2.05, 4.69) is 5.32 Å². The molecule has 0 saturated carbocycles. The van der Waals surface area contributed by atoms with Gasteiger partial charge in [-0.05, 0) is 6.42 Å². The molecule has 0 aromatic rings. The molecule has 90 valence electrons. The second-order valence-electron chi connectivity index (χ2n) is 2.98. The third-order valence-electron chi connectivity index (χ3n) is 1.66. The van der Waals surface area contributed by atoms with Crippen LogP contribution in [0, 0.1) is 0 Å². The second kappa shape index (κ2) is 5.89. The second-order valence-corrected chi connectivity index (χ2v) is 2.98. The SMILES string of the molecule is O=C(O)C(F)(F)F.OC[C@@H]1C[C@@H](O)CN1. The Hall–Kier alpha value is -0.860. The standard InChI is InChI=1S/C5H11NO2.C2HF3O2/c7-3-4-1-5(8)2-6-4;3-2(4,5)1(6)7/h4-8H,1-3H2;(H,6,7)/t4-,5+;/m0./s1. The predicted octanol–water partition coefficient (Wildman–Crippen LogP) is -0.665. The molecule has 1 aliphatic rings. The van der Waals surface area contributed by atoms with Crippen LogP contribution >= 0.6 is 0 Å². The van der Waals surface area contributed by atoms with Crippen LogP contribution in [0.4, 0.5) is 13.2 Å². The molecule has 1 heterocycles. The van der Waals surface area contributed by atoms with E-state index >= 15 is 0 Å². The number of carbonyl (C=O) groups is 1. The lowest BCUT2D eigenvalue weighted by Crippen LogP contribution is -2.24. The van der Waals surface area contributed by atoms with Gasteiger partial charge in [-0.3, -0.25) is 0 Å². The molecule has 0 amide bonds. The van der Waals surface area contributed by atoms with Crippen molar-refractivity contribution in [1.29, 1.82) is 0 Å². The van der Waals surface area contributed by atoms with Crippen LogP contribution in [0.15, 0.2) is 0 Å². The molecular formula is C7H12F3NO4. The molecule has 1 aliphatic heterocycles. The largest absolute Gasteiger partial charge is 0.490 e. The number of carboxylic acids is 1. The molecule has 1 rings (SSSR count). The maximum Gasteiger partial charge on any atom is 0.490 e. The number of aliphatic carboxylic acids is 1. The Labute approximate surface area is 83.5 Å². The third kappa shape index (κ3) is 6.26. The molecule has 2 atom stereocenters. The van der Waals surface area contributed by atoms with Gasteiger partial charge < -0.3 is 20.6 Å². The highest BCUT2D eigenvalue weighted by atomic mass is 19.4. The number of aliphatic hydroxyl groups excluding tert-OH is 2. The molecular weight excluding hydrogens is 219 g/mol. The lowest BCUT2D eigenvalue weighted by molar-refractivity contribution is -0.192. The Balaban J connectivity index is 0.000000265. The van der Waals surface area contributed by atoms with Gasteiger partial charge in [-0.15, -0.1) is 0 Å². The van der Waals surface area contributed by atoms with Crippen LogP contribution in [0.25, 0.3) is 0 Å². The van der Waals surface area contributed by atoms with E-state index in [1.165, 1.54) is 0 Å². The molecule has 1 fully saturated rings. The molecule has 0 aliphatic carbocycles. The molecule has 0 aromatic carbocycles. The molecule has 0 aromatic heterocycles. The highest BCUT2D eigenvalue weighted by Gasteiger charge is 2.38. The van der Waals surface area contributed by atoms with Gasteiger partial charge in [-0.2, -0.15) is 13.2 Å². The fourth-order valence-corrected chi connectivity index (χ4v) is 0.937. The first-order valence-electron chi connectivity index (χ1n) is 4.09. The van der Waals surface area contributed by atoms with Crippen molar-refractivity contribution in [2.75, 3.05) is 13.2 Å². The predicted molar refractivity (Wildman–Crippen MR) is 43.2 cm³/mol. The van der Waals surface area contributed by atoms with Crippen LogP contribution in [0.2, 0.25) is 0 Å². The van der Waals surface area contributed by atoms with Gasteiger partial charge in [0.25, 0.3) is 0 Å². The van der Waals surface area contributed by atoms with Crippen LogP contribution in [0.3, 0.4) is 0 Å². The number of carboxylic acid groups (broad SMARTS) is 1. The van der Waals surface area contributed by atoms with Crippen molar-refractivity contribution in [3.8, 4) is 0 Å². The average Bonchev–Trinajstić information content (AvgIpc) is 2.50. The van der Waals surface area contributed by atoms with E-state index in [-0.39, 0.29) is 18.8 Å². The summed E-state index contributed by atoms with van der Waals surface area (Å²) in [6.45, 7) is 0.766. The maximum atomic E-state index is 10.6.